The van der Waals surface area contributed by atoms with Gasteiger partial charge in [0.05, 0.1) is 18.2 Å². The Balaban J connectivity index is 2.49. The van der Waals surface area contributed by atoms with Gasteiger partial charge in [0, 0.05) is 20.0 Å². The van der Waals surface area contributed by atoms with Crippen LogP contribution in [-0.4, -0.2) is 19.1 Å². The molecule has 0 aliphatic rings. The van der Waals surface area contributed by atoms with E-state index in [0.29, 0.717) is 5.92 Å². The minimum absolute atomic E-state index is 0.548. The molecule has 5 nitrogen and oxygen atoms in total. The highest BCUT2D eigenvalue weighted by atomic mass is 15.2. The third-order valence-corrected chi connectivity index (χ3v) is 3.17. The third-order valence-electron chi connectivity index (χ3n) is 3.17. The first-order valence-electron chi connectivity index (χ1n) is 6.86. The molecule has 2 aromatic heterocycles. The third kappa shape index (κ3) is 2.64. The van der Waals surface area contributed by atoms with E-state index in [2.05, 4.69) is 30.3 Å². The van der Waals surface area contributed by atoms with Crippen LogP contribution in [0, 0.1) is 5.92 Å². The van der Waals surface area contributed by atoms with Gasteiger partial charge in [-0.05, 0) is 12.3 Å². The van der Waals surface area contributed by atoms with Crippen LogP contribution < -0.4 is 5.73 Å². The summed E-state index contributed by atoms with van der Waals surface area (Å²) in [6.07, 6.45) is 5.61. The van der Waals surface area contributed by atoms with Crippen molar-refractivity contribution in [3.63, 3.8) is 0 Å². The average molecular weight is 261 g/mol. The van der Waals surface area contributed by atoms with E-state index in [0.717, 1.165) is 42.4 Å². The number of rotatable bonds is 5. The number of nitrogens with two attached hydrogens (primary N) is 1. The van der Waals surface area contributed by atoms with Crippen molar-refractivity contribution in [1.82, 2.24) is 19.1 Å². The molecule has 0 saturated heterocycles. The van der Waals surface area contributed by atoms with Crippen LogP contribution >= 0.6 is 0 Å². The Labute approximate surface area is 114 Å². The summed E-state index contributed by atoms with van der Waals surface area (Å²) in [6.45, 7) is 7.46. The second kappa shape index (κ2) is 5.47. The van der Waals surface area contributed by atoms with E-state index in [1.165, 1.54) is 0 Å². The normalized spacial score (nSPS) is 11.4. The van der Waals surface area contributed by atoms with Gasteiger partial charge in [0.15, 0.2) is 0 Å². The molecule has 19 heavy (non-hydrogen) atoms. The molecule has 0 aromatic carbocycles. The van der Waals surface area contributed by atoms with Crippen molar-refractivity contribution in [1.29, 1.82) is 0 Å². The molecule has 0 aliphatic heterocycles. The second-order valence-electron chi connectivity index (χ2n) is 5.41. The average Bonchev–Trinajstić information content (AvgIpc) is 2.87. The molecule has 2 heterocycles. The monoisotopic (exact) mass is 261 g/mol. The quantitative estimate of drug-likeness (QED) is 0.899. The van der Waals surface area contributed by atoms with Crippen LogP contribution in [0.15, 0.2) is 12.5 Å². The lowest BCUT2D eigenvalue weighted by atomic mass is 10.2. The number of aryl methyl sites for hydroxylation is 2. The molecule has 0 unspecified atom stereocenters. The van der Waals surface area contributed by atoms with Crippen LogP contribution in [0.1, 0.15) is 33.0 Å². The zero-order valence-corrected chi connectivity index (χ0v) is 12.2. The molecule has 0 aliphatic carbocycles. The van der Waals surface area contributed by atoms with E-state index in [9.17, 15) is 0 Å². The van der Waals surface area contributed by atoms with E-state index in [1.807, 2.05) is 17.8 Å². The molecule has 104 valence electrons. The minimum Gasteiger partial charge on any atom is -0.383 e. The van der Waals surface area contributed by atoms with Crippen molar-refractivity contribution in [3.05, 3.63) is 18.3 Å². The molecule has 0 bridgehead atoms. The predicted molar refractivity (Wildman–Crippen MR) is 77.7 cm³/mol. The molecular formula is C14H23N5. The van der Waals surface area contributed by atoms with Crippen LogP contribution in [0.5, 0.6) is 0 Å². The topological polar surface area (TPSA) is 61.7 Å². The number of hydrogen-bond acceptors (Lipinski definition) is 3. The molecular weight excluding hydrogens is 238 g/mol. The number of imidazole rings is 2. The maximum Gasteiger partial charge on any atom is 0.133 e. The number of hydrogen-bond donors (Lipinski definition) is 1. The molecule has 0 atom stereocenters. The van der Waals surface area contributed by atoms with Gasteiger partial charge in [0.1, 0.15) is 17.3 Å². The summed E-state index contributed by atoms with van der Waals surface area (Å²) in [4.78, 5) is 8.88. The molecule has 5 heteroatoms. The lowest BCUT2D eigenvalue weighted by Crippen LogP contribution is -2.11. The molecule has 0 radical (unpaired) electrons. The summed E-state index contributed by atoms with van der Waals surface area (Å²) in [7, 11) is 1.96. The summed E-state index contributed by atoms with van der Waals surface area (Å²) in [5, 5.41) is 0. The van der Waals surface area contributed by atoms with Gasteiger partial charge in [-0.15, -0.1) is 0 Å². The summed E-state index contributed by atoms with van der Waals surface area (Å²) in [6, 6.07) is 0. The molecule has 2 aromatic rings. The van der Waals surface area contributed by atoms with Gasteiger partial charge in [-0.25, -0.2) is 9.97 Å². The summed E-state index contributed by atoms with van der Waals surface area (Å²) in [5.74, 6) is 2.37. The van der Waals surface area contributed by atoms with Crippen molar-refractivity contribution >= 4 is 5.82 Å². The van der Waals surface area contributed by atoms with Crippen LogP contribution in [-0.2, 0) is 20.0 Å². The Bertz CT molecular complexity index is 550. The van der Waals surface area contributed by atoms with Crippen LogP contribution in [0.25, 0.3) is 11.4 Å². The van der Waals surface area contributed by atoms with E-state index in [4.69, 9.17) is 10.7 Å². The first-order valence-corrected chi connectivity index (χ1v) is 6.86. The van der Waals surface area contributed by atoms with E-state index in [1.54, 1.807) is 6.33 Å². The van der Waals surface area contributed by atoms with E-state index in [-0.39, 0.29) is 0 Å². The highest BCUT2D eigenvalue weighted by Crippen LogP contribution is 2.27. The van der Waals surface area contributed by atoms with Crippen molar-refractivity contribution in [3.8, 4) is 11.4 Å². The minimum atomic E-state index is 0.548. The maximum atomic E-state index is 6.30. The smallest absolute Gasteiger partial charge is 0.133 e. The Hall–Kier alpha value is -1.78. The first kappa shape index (κ1) is 13.6. The summed E-state index contributed by atoms with van der Waals surface area (Å²) < 4.78 is 4.10. The standard InChI is InChI=1S/C14H23N5/c1-5-6-12-17-13(11-7-16-9-18(11)4)14(15)19(12)8-10(2)3/h7,9-10H,5-6,8,15H2,1-4H3. The Morgan fingerprint density at radius 2 is 2.11 bits per heavy atom. The Kier molecular flexibility index (Phi) is 3.93. The highest BCUT2D eigenvalue weighted by molar-refractivity contribution is 5.68. The molecule has 2 rings (SSSR count). The largest absolute Gasteiger partial charge is 0.383 e. The SMILES string of the molecule is CCCc1nc(-c2cncn2C)c(N)n1CC(C)C. The second-order valence-corrected chi connectivity index (χ2v) is 5.41. The van der Waals surface area contributed by atoms with Crippen molar-refractivity contribution < 1.29 is 0 Å². The van der Waals surface area contributed by atoms with Gasteiger partial charge in [-0.3, -0.25) is 0 Å². The molecule has 0 fully saturated rings. The fourth-order valence-electron chi connectivity index (χ4n) is 2.27. The number of aromatic nitrogens is 4. The molecule has 0 spiro atoms. The maximum absolute atomic E-state index is 6.30. The predicted octanol–water partition coefficient (Wildman–Crippen LogP) is 2.47. The number of nitrogens with zero attached hydrogens (tertiary/aromatic N) is 4. The molecule has 2 N–H and O–H groups in total. The van der Waals surface area contributed by atoms with E-state index < -0.39 is 0 Å². The molecule has 0 saturated carbocycles. The fraction of sp³-hybridized carbons (Fsp3) is 0.571. The van der Waals surface area contributed by atoms with Crippen LogP contribution in [0.4, 0.5) is 5.82 Å². The fourth-order valence-corrected chi connectivity index (χ4v) is 2.27. The summed E-state index contributed by atoms with van der Waals surface area (Å²) in [5.41, 5.74) is 8.12. The lowest BCUT2D eigenvalue weighted by Gasteiger charge is -2.11. The van der Waals surface area contributed by atoms with Crippen LogP contribution in [0.2, 0.25) is 0 Å². The van der Waals surface area contributed by atoms with Gasteiger partial charge in [-0.1, -0.05) is 20.8 Å². The summed E-state index contributed by atoms with van der Waals surface area (Å²) >= 11 is 0. The van der Waals surface area contributed by atoms with Gasteiger partial charge in [-0.2, -0.15) is 0 Å². The van der Waals surface area contributed by atoms with Crippen molar-refractivity contribution in [2.24, 2.45) is 13.0 Å². The zero-order chi connectivity index (χ0) is 14.0. The van der Waals surface area contributed by atoms with E-state index >= 15 is 0 Å². The van der Waals surface area contributed by atoms with Gasteiger partial charge < -0.3 is 14.9 Å². The highest BCUT2D eigenvalue weighted by Gasteiger charge is 2.18. The van der Waals surface area contributed by atoms with Gasteiger partial charge >= 0.3 is 0 Å². The van der Waals surface area contributed by atoms with Gasteiger partial charge in [0.2, 0.25) is 0 Å². The number of nitrogen functional groups attached to an aromatic ring is 1. The van der Waals surface area contributed by atoms with Crippen molar-refractivity contribution in [2.75, 3.05) is 5.73 Å². The number of anilines is 1. The zero-order valence-electron chi connectivity index (χ0n) is 12.2. The van der Waals surface area contributed by atoms with Gasteiger partial charge in [0.25, 0.3) is 0 Å². The first-order chi connectivity index (χ1) is 9.04. The Morgan fingerprint density at radius 1 is 1.37 bits per heavy atom. The molecule has 0 amide bonds. The van der Waals surface area contributed by atoms with Crippen molar-refractivity contribution in [2.45, 2.75) is 40.2 Å². The lowest BCUT2D eigenvalue weighted by molar-refractivity contribution is 0.510. The van der Waals surface area contributed by atoms with Crippen LogP contribution in [0.3, 0.4) is 0 Å². The Morgan fingerprint density at radius 3 is 2.63 bits per heavy atom.